The van der Waals surface area contributed by atoms with Crippen LogP contribution < -0.4 is 4.90 Å². The van der Waals surface area contributed by atoms with Crippen LogP contribution in [0.15, 0.2) is 29.0 Å². The van der Waals surface area contributed by atoms with Crippen molar-refractivity contribution >= 4 is 23.2 Å². The Bertz CT molecular complexity index is 783. The van der Waals surface area contributed by atoms with E-state index in [0.29, 0.717) is 37.6 Å². The molecule has 134 valence electrons. The lowest BCUT2D eigenvalue weighted by Crippen LogP contribution is -2.49. The summed E-state index contributed by atoms with van der Waals surface area (Å²) in [6.45, 7) is 3.26. The average Bonchev–Trinajstić information content (AvgIpc) is 3.00. The fourth-order valence-corrected chi connectivity index (χ4v) is 2.98. The van der Waals surface area contributed by atoms with Crippen LogP contribution in [0.25, 0.3) is 0 Å². The third-order valence-corrected chi connectivity index (χ3v) is 4.46. The van der Waals surface area contributed by atoms with E-state index in [1.54, 1.807) is 22.8 Å². The maximum absolute atomic E-state index is 13.0. The van der Waals surface area contributed by atoms with Crippen molar-refractivity contribution in [2.75, 3.05) is 31.1 Å². The number of anilines is 1. The Hall–Kier alpha value is -2.22. The van der Waals surface area contributed by atoms with Gasteiger partial charge in [-0.3, -0.25) is 4.79 Å². The molecular formula is C16H15ClF3N3O2. The Labute approximate surface area is 147 Å². The van der Waals surface area contributed by atoms with Crippen LogP contribution in [0.5, 0.6) is 0 Å². The maximum Gasteiger partial charge on any atom is 0.417 e. The van der Waals surface area contributed by atoms with Gasteiger partial charge in [-0.05, 0) is 25.1 Å². The zero-order valence-electron chi connectivity index (χ0n) is 13.3. The molecule has 25 heavy (non-hydrogen) atoms. The summed E-state index contributed by atoms with van der Waals surface area (Å²) in [6, 6.07) is 3.84. The van der Waals surface area contributed by atoms with Gasteiger partial charge in [-0.15, -0.1) is 0 Å². The Morgan fingerprint density at radius 2 is 1.92 bits per heavy atom. The molecule has 0 atom stereocenters. The van der Waals surface area contributed by atoms with Gasteiger partial charge in [0.05, 0.1) is 10.6 Å². The van der Waals surface area contributed by atoms with Crippen molar-refractivity contribution < 1.29 is 22.4 Å². The van der Waals surface area contributed by atoms with E-state index in [2.05, 4.69) is 4.98 Å². The van der Waals surface area contributed by atoms with Gasteiger partial charge in [0.15, 0.2) is 12.1 Å². The van der Waals surface area contributed by atoms with Crippen LogP contribution >= 0.6 is 11.6 Å². The van der Waals surface area contributed by atoms with Crippen molar-refractivity contribution in [1.82, 2.24) is 9.88 Å². The summed E-state index contributed by atoms with van der Waals surface area (Å²) < 4.78 is 44.0. The van der Waals surface area contributed by atoms with E-state index in [0.717, 1.165) is 6.07 Å². The Balaban J connectivity index is 1.71. The largest absolute Gasteiger partial charge is 0.448 e. The molecule has 1 amide bonds. The van der Waals surface area contributed by atoms with Gasteiger partial charge in [0.25, 0.3) is 5.91 Å². The number of aromatic nitrogens is 1. The molecule has 1 aromatic carbocycles. The number of hydrogen-bond donors (Lipinski definition) is 0. The van der Waals surface area contributed by atoms with E-state index in [4.69, 9.17) is 16.0 Å². The van der Waals surface area contributed by atoms with Crippen LogP contribution in [0.1, 0.15) is 21.8 Å². The predicted octanol–water partition coefficient (Wildman–Crippen LogP) is 3.62. The predicted molar refractivity (Wildman–Crippen MR) is 85.8 cm³/mol. The number of piperazine rings is 1. The highest BCUT2D eigenvalue weighted by Crippen LogP contribution is 2.37. The van der Waals surface area contributed by atoms with Gasteiger partial charge in [0.1, 0.15) is 5.76 Å². The van der Waals surface area contributed by atoms with Crippen LogP contribution in [0, 0.1) is 6.92 Å². The standard InChI is InChI=1S/C16H15ClF3N3O2/c1-10-14(21-9-25-10)15(24)23-6-4-22(5-7-23)11-2-3-13(17)12(8-11)16(18,19)20/h2-3,8-9H,4-7H2,1H3. The van der Waals surface area contributed by atoms with Crippen LogP contribution in [-0.2, 0) is 6.18 Å². The van der Waals surface area contributed by atoms with Gasteiger partial charge in [0, 0.05) is 31.9 Å². The van der Waals surface area contributed by atoms with Gasteiger partial charge in [-0.25, -0.2) is 4.98 Å². The lowest BCUT2D eigenvalue weighted by Gasteiger charge is -2.36. The SMILES string of the molecule is Cc1ocnc1C(=O)N1CCN(c2ccc(Cl)c(C(F)(F)F)c2)CC1. The summed E-state index contributed by atoms with van der Waals surface area (Å²) in [7, 11) is 0. The third-order valence-electron chi connectivity index (χ3n) is 4.13. The average molecular weight is 374 g/mol. The second-order valence-electron chi connectivity index (χ2n) is 5.70. The molecule has 0 bridgehead atoms. The van der Waals surface area contributed by atoms with Crippen molar-refractivity contribution in [2.45, 2.75) is 13.1 Å². The number of hydrogen-bond acceptors (Lipinski definition) is 4. The Kier molecular flexibility index (Phi) is 4.64. The number of halogens is 4. The number of alkyl halides is 3. The lowest BCUT2D eigenvalue weighted by atomic mass is 10.1. The van der Waals surface area contributed by atoms with Crippen LogP contribution in [-0.4, -0.2) is 42.0 Å². The van der Waals surface area contributed by atoms with Gasteiger partial charge in [-0.1, -0.05) is 11.6 Å². The molecule has 5 nitrogen and oxygen atoms in total. The van der Waals surface area contributed by atoms with Crippen molar-refractivity contribution in [3.8, 4) is 0 Å². The first-order valence-electron chi connectivity index (χ1n) is 7.58. The molecule has 2 heterocycles. The van der Waals surface area contributed by atoms with Crippen LogP contribution in [0.3, 0.4) is 0 Å². The summed E-state index contributed by atoms with van der Waals surface area (Å²) in [5.41, 5.74) is -0.163. The number of aryl methyl sites for hydroxylation is 1. The van der Waals surface area contributed by atoms with Crippen LogP contribution in [0.2, 0.25) is 5.02 Å². The van der Waals surface area contributed by atoms with E-state index in [1.807, 2.05) is 0 Å². The molecule has 0 spiro atoms. The maximum atomic E-state index is 13.0. The molecule has 1 fully saturated rings. The van der Waals surface area contributed by atoms with E-state index < -0.39 is 11.7 Å². The van der Waals surface area contributed by atoms with Crippen molar-refractivity contribution in [1.29, 1.82) is 0 Å². The number of oxazole rings is 1. The summed E-state index contributed by atoms with van der Waals surface area (Å²) in [5, 5.41) is -0.327. The summed E-state index contributed by atoms with van der Waals surface area (Å²) >= 11 is 5.65. The molecule has 2 aromatic rings. The minimum Gasteiger partial charge on any atom is -0.448 e. The molecule has 1 aliphatic heterocycles. The molecule has 9 heteroatoms. The summed E-state index contributed by atoms with van der Waals surface area (Å²) in [4.78, 5) is 19.7. The molecule has 3 rings (SSSR count). The van der Waals surface area contributed by atoms with Crippen LogP contribution in [0.4, 0.5) is 18.9 Å². The topological polar surface area (TPSA) is 49.6 Å². The minimum absolute atomic E-state index is 0.238. The second-order valence-corrected chi connectivity index (χ2v) is 6.11. The molecule has 1 aliphatic rings. The number of carbonyl (C=O) groups is 1. The zero-order chi connectivity index (χ0) is 18.2. The molecule has 0 N–H and O–H groups in total. The smallest absolute Gasteiger partial charge is 0.417 e. The van der Waals surface area contributed by atoms with Gasteiger partial charge < -0.3 is 14.2 Å². The number of nitrogens with zero attached hydrogens (tertiary/aromatic N) is 3. The first-order valence-corrected chi connectivity index (χ1v) is 7.96. The first-order chi connectivity index (χ1) is 11.8. The van der Waals surface area contributed by atoms with Crippen molar-refractivity contribution in [3.63, 3.8) is 0 Å². The Morgan fingerprint density at radius 3 is 2.48 bits per heavy atom. The van der Waals surface area contributed by atoms with Gasteiger partial charge in [0.2, 0.25) is 0 Å². The summed E-state index contributed by atoms with van der Waals surface area (Å²) in [6.07, 6.45) is -3.29. The third kappa shape index (κ3) is 3.58. The summed E-state index contributed by atoms with van der Waals surface area (Å²) in [5.74, 6) is 0.206. The molecular weight excluding hydrogens is 359 g/mol. The van der Waals surface area contributed by atoms with Crippen molar-refractivity contribution in [2.24, 2.45) is 0 Å². The molecule has 0 saturated carbocycles. The monoisotopic (exact) mass is 373 g/mol. The lowest BCUT2D eigenvalue weighted by molar-refractivity contribution is -0.137. The van der Waals surface area contributed by atoms with E-state index in [1.165, 1.54) is 12.5 Å². The molecule has 0 aliphatic carbocycles. The first kappa shape index (κ1) is 17.6. The molecule has 1 saturated heterocycles. The quantitative estimate of drug-likeness (QED) is 0.806. The van der Waals surface area contributed by atoms with Gasteiger partial charge >= 0.3 is 6.18 Å². The van der Waals surface area contributed by atoms with E-state index in [9.17, 15) is 18.0 Å². The van der Waals surface area contributed by atoms with E-state index >= 15 is 0 Å². The zero-order valence-corrected chi connectivity index (χ0v) is 14.1. The normalized spacial score (nSPS) is 15.6. The highest BCUT2D eigenvalue weighted by Gasteiger charge is 2.34. The number of amides is 1. The minimum atomic E-state index is -4.50. The molecule has 1 aromatic heterocycles. The Morgan fingerprint density at radius 1 is 1.24 bits per heavy atom. The molecule has 0 radical (unpaired) electrons. The fraction of sp³-hybridized carbons (Fsp3) is 0.375. The van der Waals surface area contributed by atoms with Gasteiger partial charge in [-0.2, -0.15) is 13.2 Å². The molecule has 0 unspecified atom stereocenters. The fourth-order valence-electron chi connectivity index (χ4n) is 2.76. The number of rotatable bonds is 2. The number of carbonyl (C=O) groups excluding carboxylic acids is 1. The number of benzene rings is 1. The second kappa shape index (κ2) is 6.59. The highest BCUT2D eigenvalue weighted by molar-refractivity contribution is 6.31. The highest BCUT2D eigenvalue weighted by atomic mass is 35.5. The van der Waals surface area contributed by atoms with Crippen molar-refractivity contribution in [3.05, 3.63) is 46.6 Å². The van der Waals surface area contributed by atoms with E-state index in [-0.39, 0.29) is 16.6 Å².